The van der Waals surface area contributed by atoms with E-state index in [1.165, 1.54) is 11.0 Å². The lowest BCUT2D eigenvalue weighted by atomic mass is 10.2. The highest BCUT2D eigenvalue weighted by Gasteiger charge is 2.14. The number of allylic oxidation sites excluding steroid dienone is 2. The summed E-state index contributed by atoms with van der Waals surface area (Å²) in [6, 6.07) is 16.3. The zero-order chi connectivity index (χ0) is 25.1. The van der Waals surface area contributed by atoms with Gasteiger partial charge >= 0.3 is 0 Å². The monoisotopic (exact) mass is 533 g/mol. The van der Waals surface area contributed by atoms with Crippen molar-refractivity contribution in [1.82, 2.24) is 19.4 Å². The molecule has 1 atom stereocenters. The highest BCUT2D eigenvalue weighted by atomic mass is 16.7. The van der Waals surface area contributed by atoms with Gasteiger partial charge in [0, 0.05) is 6.08 Å². The minimum absolute atomic E-state index is 0. The van der Waals surface area contributed by atoms with Gasteiger partial charge in [-0.05, 0) is 67.1 Å². The summed E-state index contributed by atoms with van der Waals surface area (Å²) in [6.07, 6.45) is 7.88. The molecule has 202 valence electrons. The maximum atomic E-state index is 9.22. The van der Waals surface area contributed by atoms with Crippen LogP contribution in [0.4, 0.5) is 0 Å². The molecule has 0 aliphatic carbocycles. The molecule has 5 rings (SSSR count). The highest BCUT2D eigenvalue weighted by Crippen LogP contribution is 2.19. The highest BCUT2D eigenvalue weighted by molar-refractivity contribution is 5.80. The number of aromatic nitrogens is 4. The van der Waals surface area contributed by atoms with E-state index in [1.807, 2.05) is 19.1 Å². The number of aliphatic hydroxyl groups excluding tert-OH is 1. The average Bonchev–Trinajstić information content (AvgIpc) is 3.26. The number of hydrogen-bond donors (Lipinski definition) is 2. The minimum atomic E-state index is -0.418. The quantitative estimate of drug-likeness (QED) is 0.334. The van der Waals surface area contributed by atoms with Crippen molar-refractivity contribution < 1.29 is 31.0 Å². The molecule has 2 aromatic heterocycles. The number of aliphatic hydroxyl groups is 1. The molecule has 1 aliphatic rings. The fourth-order valence-corrected chi connectivity index (χ4v) is 3.65. The van der Waals surface area contributed by atoms with Gasteiger partial charge in [0.05, 0.1) is 41.2 Å². The van der Waals surface area contributed by atoms with E-state index in [0.717, 1.165) is 11.3 Å². The van der Waals surface area contributed by atoms with Crippen molar-refractivity contribution >= 4 is 17.2 Å². The summed E-state index contributed by atoms with van der Waals surface area (Å²) in [7, 11) is 0. The van der Waals surface area contributed by atoms with E-state index in [4.69, 9.17) is 20.1 Å². The van der Waals surface area contributed by atoms with Crippen molar-refractivity contribution in [3.05, 3.63) is 101 Å². The van der Waals surface area contributed by atoms with Crippen LogP contribution in [0.3, 0.4) is 0 Å². The van der Waals surface area contributed by atoms with Gasteiger partial charge in [-0.25, -0.2) is 14.3 Å². The van der Waals surface area contributed by atoms with Crippen molar-refractivity contribution in [2.45, 2.75) is 13.0 Å². The topological polar surface area (TPSA) is 229 Å². The van der Waals surface area contributed by atoms with Crippen molar-refractivity contribution in [3.8, 4) is 17.5 Å². The molecule has 0 bridgehead atoms. The first-order valence-corrected chi connectivity index (χ1v) is 11.1. The van der Waals surface area contributed by atoms with Crippen molar-refractivity contribution in [3.63, 3.8) is 0 Å². The standard InChI is InChI=1S/C26H21N7O3.3H2O/c1-17-24-25(28)32(16-29-26(24)33(31-17)20-9-5-18(13-27)6-10-20)30-14-19-7-11-21(12-8-19)35-23-4-2-3-22(15-34)36-23;;;/h2-12,14,16,22,28,34H,15H2,1H3;3*1H2/b28-25?,30-14-;;;. The van der Waals surface area contributed by atoms with Gasteiger partial charge in [-0.15, -0.1) is 0 Å². The molecule has 39 heavy (non-hydrogen) atoms. The van der Waals surface area contributed by atoms with E-state index in [1.54, 1.807) is 65.5 Å². The number of benzene rings is 2. The Hall–Kier alpha value is -5.13. The number of nitriles is 1. The maximum absolute atomic E-state index is 9.22. The molecule has 2 aromatic carbocycles. The molecule has 13 nitrogen and oxygen atoms in total. The van der Waals surface area contributed by atoms with E-state index in [2.05, 4.69) is 21.3 Å². The molecular formula is C26H27N7O6. The molecule has 3 heterocycles. The van der Waals surface area contributed by atoms with Gasteiger partial charge < -0.3 is 31.0 Å². The third kappa shape index (κ3) is 6.24. The maximum Gasteiger partial charge on any atom is 0.285 e. The number of fused-ring (bicyclic) bond motifs is 1. The van der Waals surface area contributed by atoms with Crippen LogP contribution in [0.2, 0.25) is 0 Å². The van der Waals surface area contributed by atoms with Crippen LogP contribution < -0.4 is 10.2 Å². The predicted octanol–water partition coefficient (Wildman–Crippen LogP) is 0.457. The van der Waals surface area contributed by atoms with Gasteiger partial charge in [0.2, 0.25) is 0 Å². The zero-order valence-corrected chi connectivity index (χ0v) is 20.7. The number of nitrogens with one attached hydrogen (secondary N) is 1. The Balaban J connectivity index is 0.00000178. The predicted molar refractivity (Wildman–Crippen MR) is 142 cm³/mol. The molecule has 13 heteroatoms. The van der Waals surface area contributed by atoms with Crippen LogP contribution in [0.5, 0.6) is 5.75 Å². The molecule has 0 spiro atoms. The van der Waals surface area contributed by atoms with Gasteiger partial charge in [-0.3, -0.25) is 5.41 Å². The lowest BCUT2D eigenvalue weighted by molar-refractivity contribution is 0.0317. The molecule has 1 aliphatic heterocycles. The lowest BCUT2D eigenvalue weighted by Gasteiger charge is -2.18. The van der Waals surface area contributed by atoms with Crippen LogP contribution in [0.15, 0.2) is 84.1 Å². The van der Waals surface area contributed by atoms with E-state index in [0.29, 0.717) is 34.0 Å². The largest absolute Gasteiger partial charge is 0.455 e. The second-order valence-electron chi connectivity index (χ2n) is 7.92. The zero-order valence-electron chi connectivity index (χ0n) is 20.7. The van der Waals surface area contributed by atoms with Gasteiger partial charge in [0.1, 0.15) is 18.2 Å². The number of ether oxygens (including phenoxy) is 2. The molecular weight excluding hydrogens is 506 g/mol. The average molecular weight is 534 g/mol. The lowest BCUT2D eigenvalue weighted by Crippen LogP contribution is -2.18. The van der Waals surface area contributed by atoms with Crippen LogP contribution >= 0.6 is 0 Å². The summed E-state index contributed by atoms with van der Waals surface area (Å²) < 4.78 is 14.2. The van der Waals surface area contributed by atoms with Crippen molar-refractivity contribution in [2.24, 2.45) is 5.10 Å². The van der Waals surface area contributed by atoms with Crippen LogP contribution in [0.25, 0.3) is 16.7 Å². The molecule has 0 radical (unpaired) electrons. The van der Waals surface area contributed by atoms with Gasteiger partial charge in [-0.2, -0.15) is 15.5 Å². The Morgan fingerprint density at radius 1 is 1.15 bits per heavy atom. The summed E-state index contributed by atoms with van der Waals surface area (Å²) in [5.74, 6) is 0.886. The van der Waals surface area contributed by atoms with Crippen LogP contribution in [-0.2, 0) is 4.74 Å². The number of nitrogens with zero attached hydrogens (tertiary/aromatic N) is 6. The normalized spacial score (nSPS) is 13.9. The summed E-state index contributed by atoms with van der Waals surface area (Å²) in [5, 5.41) is 36.4. The van der Waals surface area contributed by atoms with E-state index in [9.17, 15) is 5.11 Å². The van der Waals surface area contributed by atoms with Crippen LogP contribution in [-0.4, -0.2) is 59.9 Å². The smallest absolute Gasteiger partial charge is 0.285 e. The van der Waals surface area contributed by atoms with Crippen LogP contribution in [0.1, 0.15) is 16.8 Å². The Morgan fingerprint density at radius 3 is 2.54 bits per heavy atom. The fourth-order valence-electron chi connectivity index (χ4n) is 3.65. The van der Waals surface area contributed by atoms with E-state index < -0.39 is 6.10 Å². The minimum Gasteiger partial charge on any atom is -0.455 e. The summed E-state index contributed by atoms with van der Waals surface area (Å²) in [5.41, 5.74) is 3.44. The van der Waals surface area contributed by atoms with Crippen molar-refractivity contribution in [1.29, 1.82) is 10.7 Å². The molecule has 0 saturated carbocycles. The van der Waals surface area contributed by atoms with Gasteiger partial charge in [-0.1, -0.05) is 6.08 Å². The second kappa shape index (κ2) is 12.9. The number of aryl methyl sites for hydroxylation is 1. The first-order chi connectivity index (χ1) is 17.6. The Morgan fingerprint density at radius 2 is 1.87 bits per heavy atom. The third-order valence-electron chi connectivity index (χ3n) is 5.47. The fraction of sp³-hybridized carbons (Fsp3) is 0.115. The number of hydrogen-bond acceptors (Lipinski definition) is 8. The molecule has 0 fully saturated rings. The first kappa shape index (κ1) is 30.1. The summed E-state index contributed by atoms with van der Waals surface area (Å²) in [6.45, 7) is 1.69. The van der Waals surface area contributed by atoms with E-state index >= 15 is 0 Å². The van der Waals surface area contributed by atoms with Crippen LogP contribution in [0, 0.1) is 23.7 Å². The molecule has 8 N–H and O–H groups in total. The molecule has 0 saturated heterocycles. The third-order valence-corrected chi connectivity index (χ3v) is 5.47. The molecule has 1 unspecified atom stereocenters. The number of rotatable bonds is 6. The SMILES string of the molecule is Cc1nn(-c2ccc(C#N)cc2)c2ncn(/N=C\c3ccc(OC4=CC=CC(CO)O4)cc3)c(=N)c12.O.O.O. The Labute approximate surface area is 222 Å². The molecule has 0 amide bonds. The van der Waals surface area contributed by atoms with E-state index in [-0.39, 0.29) is 28.5 Å². The second-order valence-corrected chi connectivity index (χ2v) is 7.92. The van der Waals surface area contributed by atoms with Gasteiger partial charge in [0.25, 0.3) is 5.95 Å². The Kier molecular flexibility index (Phi) is 9.96. The summed E-state index contributed by atoms with van der Waals surface area (Å²) in [4.78, 5) is 4.49. The van der Waals surface area contributed by atoms with Crippen molar-refractivity contribution in [2.75, 3.05) is 6.61 Å². The Bertz CT molecular complexity index is 1610. The summed E-state index contributed by atoms with van der Waals surface area (Å²) >= 11 is 0. The molecule has 4 aromatic rings. The van der Waals surface area contributed by atoms with Gasteiger partial charge in [0.15, 0.2) is 11.1 Å². The first-order valence-electron chi connectivity index (χ1n) is 11.1.